The largest absolute Gasteiger partial charge is 0.399 e. The number of fused-ring (bicyclic) bond motifs is 6. The van der Waals surface area contributed by atoms with Gasteiger partial charge >= 0.3 is 0 Å². The van der Waals surface area contributed by atoms with Gasteiger partial charge in [-0.15, -0.1) is 0 Å². The zero-order valence-electron chi connectivity index (χ0n) is 33.0. The number of aromatic nitrogens is 2. The highest BCUT2D eigenvalue weighted by Gasteiger charge is 2.19. The molecular formula is C56H38N4. The van der Waals surface area contributed by atoms with Crippen LogP contribution in [-0.4, -0.2) is 9.13 Å². The van der Waals surface area contributed by atoms with E-state index in [-0.39, 0.29) is 0 Å². The minimum absolute atomic E-state index is 0.629. The second kappa shape index (κ2) is 14.1. The lowest BCUT2D eigenvalue weighted by Gasteiger charge is -2.19. The van der Waals surface area contributed by atoms with Crippen LogP contribution in [0.5, 0.6) is 0 Å². The van der Waals surface area contributed by atoms with Gasteiger partial charge in [-0.1, -0.05) is 115 Å². The molecule has 0 aliphatic heterocycles. The summed E-state index contributed by atoms with van der Waals surface area (Å²) in [4.78, 5) is 0. The second-order valence-corrected chi connectivity index (χ2v) is 15.6. The highest BCUT2D eigenvalue weighted by molar-refractivity contribution is 6.10. The van der Waals surface area contributed by atoms with Crippen LogP contribution in [0.25, 0.3) is 99.5 Å². The van der Waals surface area contributed by atoms with Crippen molar-refractivity contribution in [2.45, 2.75) is 6.92 Å². The predicted octanol–water partition coefficient (Wildman–Crippen LogP) is 14.3. The molecule has 0 unspecified atom stereocenters. The molecule has 11 rings (SSSR count). The summed E-state index contributed by atoms with van der Waals surface area (Å²) in [5, 5.41) is 14.7. The van der Waals surface area contributed by atoms with E-state index in [2.05, 4.69) is 198 Å². The van der Waals surface area contributed by atoms with Crippen LogP contribution >= 0.6 is 0 Å². The fraction of sp³-hybridized carbons (Fsp3) is 0.0179. The smallest absolute Gasteiger partial charge is 0.0991 e. The lowest BCUT2D eigenvalue weighted by molar-refractivity contribution is 1.18. The quantitative estimate of drug-likeness (QED) is 0.171. The van der Waals surface area contributed by atoms with Crippen LogP contribution in [-0.2, 0) is 0 Å². The molecule has 2 heterocycles. The van der Waals surface area contributed by atoms with E-state index in [0.717, 1.165) is 61.6 Å². The Balaban J connectivity index is 1.10. The Kier molecular flexibility index (Phi) is 8.22. The van der Waals surface area contributed by atoms with Crippen molar-refractivity contribution >= 4 is 49.3 Å². The first-order valence-electron chi connectivity index (χ1n) is 20.3. The highest BCUT2D eigenvalue weighted by atomic mass is 15.0. The van der Waals surface area contributed by atoms with Crippen molar-refractivity contribution in [3.63, 3.8) is 0 Å². The van der Waals surface area contributed by atoms with Crippen molar-refractivity contribution < 1.29 is 0 Å². The summed E-state index contributed by atoms with van der Waals surface area (Å²) in [6.45, 7) is 2.15. The fourth-order valence-corrected chi connectivity index (χ4v) is 9.09. The van der Waals surface area contributed by atoms with Gasteiger partial charge in [-0.3, -0.25) is 0 Å². The zero-order chi connectivity index (χ0) is 40.3. The zero-order valence-corrected chi connectivity index (χ0v) is 33.0. The highest BCUT2D eigenvalue weighted by Crippen LogP contribution is 2.44. The number of nitriles is 1. The minimum Gasteiger partial charge on any atom is -0.399 e. The number of rotatable bonds is 6. The average molecular weight is 767 g/mol. The maximum atomic E-state index is 9.68. The fourth-order valence-electron chi connectivity index (χ4n) is 9.09. The van der Waals surface area contributed by atoms with Crippen molar-refractivity contribution in [3.05, 3.63) is 211 Å². The number of nitrogens with two attached hydrogens (primary N) is 1. The van der Waals surface area contributed by atoms with Gasteiger partial charge < -0.3 is 14.9 Å². The maximum Gasteiger partial charge on any atom is 0.0991 e. The average Bonchev–Trinajstić information content (AvgIpc) is 3.82. The Morgan fingerprint density at radius 2 is 0.750 bits per heavy atom. The summed E-state index contributed by atoms with van der Waals surface area (Å²) in [5.74, 6) is 0. The van der Waals surface area contributed by atoms with Gasteiger partial charge in [-0.25, -0.2) is 0 Å². The van der Waals surface area contributed by atoms with E-state index >= 15 is 0 Å². The summed E-state index contributed by atoms with van der Waals surface area (Å²) in [6.07, 6.45) is 0. The normalized spacial score (nSPS) is 11.5. The molecule has 0 amide bonds. The van der Waals surface area contributed by atoms with E-state index in [4.69, 9.17) is 5.73 Å². The molecule has 0 saturated carbocycles. The van der Waals surface area contributed by atoms with Gasteiger partial charge in [0.2, 0.25) is 0 Å². The maximum absolute atomic E-state index is 9.68. The molecule has 0 saturated heterocycles. The van der Waals surface area contributed by atoms with Gasteiger partial charge in [0, 0.05) is 38.6 Å². The number of nitrogens with zero attached hydrogens (tertiary/aromatic N) is 3. The summed E-state index contributed by atoms with van der Waals surface area (Å²) in [7, 11) is 0. The van der Waals surface area contributed by atoms with Gasteiger partial charge in [-0.2, -0.15) is 5.26 Å². The van der Waals surface area contributed by atoms with Crippen molar-refractivity contribution in [2.75, 3.05) is 5.73 Å². The van der Waals surface area contributed by atoms with E-state index in [9.17, 15) is 5.26 Å². The van der Waals surface area contributed by atoms with Crippen molar-refractivity contribution in [1.82, 2.24) is 9.13 Å². The Morgan fingerprint density at radius 1 is 0.383 bits per heavy atom. The molecule has 0 radical (unpaired) electrons. The van der Waals surface area contributed by atoms with E-state index in [1.165, 1.54) is 49.2 Å². The van der Waals surface area contributed by atoms with E-state index in [1.54, 1.807) is 0 Å². The van der Waals surface area contributed by atoms with E-state index < -0.39 is 0 Å². The Bertz CT molecular complexity index is 3420. The first kappa shape index (κ1) is 35.1. The number of anilines is 1. The molecule has 0 aliphatic rings. The van der Waals surface area contributed by atoms with Gasteiger partial charge in [0.05, 0.1) is 33.7 Å². The van der Waals surface area contributed by atoms with Crippen LogP contribution in [0.15, 0.2) is 200 Å². The monoisotopic (exact) mass is 766 g/mol. The molecule has 0 atom stereocenters. The van der Waals surface area contributed by atoms with Crippen LogP contribution in [0.1, 0.15) is 11.1 Å². The lowest BCUT2D eigenvalue weighted by atomic mass is 9.85. The number of hydrogen-bond acceptors (Lipinski definition) is 2. The van der Waals surface area contributed by atoms with Gasteiger partial charge in [-0.05, 0) is 142 Å². The Morgan fingerprint density at radius 3 is 1.18 bits per heavy atom. The summed E-state index contributed by atoms with van der Waals surface area (Å²) < 4.78 is 4.72. The number of aryl methyl sites for hydroxylation is 1. The van der Waals surface area contributed by atoms with Crippen LogP contribution in [0.4, 0.5) is 5.69 Å². The molecule has 4 heteroatoms. The molecule has 0 aliphatic carbocycles. The standard InChI is InChI=1S/C56H38N4/c1-36-14-31-56-52(32-36)47-10-4-7-13-55(47)60(56)44-29-23-41(24-30-44)51-34-50(48(38-17-15-37(35-57)16-18-38)33-49(51)39-19-25-42(58)26-20-39)40-21-27-43(28-22-40)59-53-11-5-2-8-45(53)46-9-3-6-12-54(46)59/h2-34H,58H2,1H3. The van der Waals surface area contributed by atoms with Crippen molar-refractivity contribution in [1.29, 1.82) is 5.26 Å². The van der Waals surface area contributed by atoms with Crippen molar-refractivity contribution in [3.8, 4) is 62.0 Å². The van der Waals surface area contributed by atoms with Crippen LogP contribution in [0.2, 0.25) is 0 Å². The molecular weight excluding hydrogens is 729 g/mol. The molecule has 9 aromatic carbocycles. The molecule has 0 fully saturated rings. The molecule has 0 bridgehead atoms. The Hall–Kier alpha value is -8.13. The predicted molar refractivity (Wildman–Crippen MR) is 251 cm³/mol. The first-order valence-corrected chi connectivity index (χ1v) is 20.3. The molecule has 2 N–H and O–H groups in total. The second-order valence-electron chi connectivity index (χ2n) is 15.6. The SMILES string of the molecule is Cc1ccc2c(c1)c1ccccc1n2-c1ccc(-c2cc(-c3ccc(-n4c5ccccc5c5ccccc54)cc3)c(-c3ccc(C#N)cc3)cc2-c2ccc(N)cc2)cc1. The van der Waals surface area contributed by atoms with Crippen molar-refractivity contribution in [2.24, 2.45) is 0 Å². The molecule has 60 heavy (non-hydrogen) atoms. The number of hydrogen-bond donors (Lipinski definition) is 1. The molecule has 0 spiro atoms. The van der Waals surface area contributed by atoms with E-state index in [1.807, 2.05) is 24.3 Å². The number of benzene rings is 9. The van der Waals surface area contributed by atoms with Gasteiger partial charge in [0.1, 0.15) is 0 Å². The topological polar surface area (TPSA) is 59.7 Å². The van der Waals surface area contributed by atoms with Gasteiger partial charge in [0.25, 0.3) is 0 Å². The molecule has 282 valence electrons. The third kappa shape index (κ3) is 5.75. The molecule has 4 nitrogen and oxygen atoms in total. The summed E-state index contributed by atoms with van der Waals surface area (Å²) >= 11 is 0. The molecule has 11 aromatic rings. The Labute approximate surface area is 348 Å². The third-order valence-electron chi connectivity index (χ3n) is 12.0. The van der Waals surface area contributed by atoms with Crippen LogP contribution in [0.3, 0.4) is 0 Å². The van der Waals surface area contributed by atoms with Crippen LogP contribution in [0, 0.1) is 18.3 Å². The summed E-state index contributed by atoms with van der Waals surface area (Å²) in [5.41, 5.74) is 24.5. The number of nitrogen functional groups attached to an aromatic ring is 1. The minimum atomic E-state index is 0.629. The molecule has 2 aromatic heterocycles. The van der Waals surface area contributed by atoms with E-state index in [0.29, 0.717) is 5.56 Å². The number of para-hydroxylation sites is 3. The lowest BCUT2D eigenvalue weighted by Crippen LogP contribution is -1.96. The van der Waals surface area contributed by atoms with Crippen LogP contribution < -0.4 is 5.73 Å². The van der Waals surface area contributed by atoms with Gasteiger partial charge in [0.15, 0.2) is 0 Å². The first-order chi connectivity index (χ1) is 29.5. The third-order valence-corrected chi connectivity index (χ3v) is 12.0. The summed E-state index contributed by atoms with van der Waals surface area (Å²) in [6, 6.07) is 73.5.